The Morgan fingerprint density at radius 2 is 2.13 bits per heavy atom. The lowest BCUT2D eigenvalue weighted by Gasteiger charge is -2.05. The Hall–Kier alpha value is -1.46. The average Bonchev–Trinajstić information content (AvgIpc) is 2.27. The Labute approximate surface area is 89.2 Å². The lowest BCUT2D eigenvalue weighted by molar-refractivity contribution is 0.403. The average molecular weight is 223 g/mol. The first kappa shape index (κ1) is 10.1. The van der Waals surface area contributed by atoms with Crippen molar-refractivity contribution in [3.05, 3.63) is 30.5 Å². The molecule has 5 heteroatoms. The Bertz CT molecular complexity index is 527. The van der Waals surface area contributed by atoms with E-state index >= 15 is 0 Å². The molecule has 78 valence electrons. The lowest BCUT2D eigenvalue weighted by Crippen LogP contribution is -1.93. The number of ether oxygens (including phenoxy) is 1. The second kappa shape index (κ2) is 3.96. The number of methoxy groups -OCH3 is 1. The highest BCUT2D eigenvalue weighted by Crippen LogP contribution is 2.26. The van der Waals surface area contributed by atoms with Crippen LogP contribution in [0.3, 0.4) is 0 Å². The summed E-state index contributed by atoms with van der Waals surface area (Å²) in [4.78, 5) is 4.39. The number of hydrogen-bond acceptors (Lipinski definition) is 3. The topological polar surface area (TPSA) is 59.4 Å². The normalized spacial score (nSPS) is 12.7. The van der Waals surface area contributed by atoms with Crippen LogP contribution in [0.1, 0.15) is 0 Å². The molecule has 0 aliphatic rings. The van der Waals surface area contributed by atoms with E-state index in [-0.39, 0.29) is 0 Å². The molecule has 1 atom stereocenters. The third kappa shape index (κ3) is 1.71. The molecule has 2 aromatic rings. The third-order valence-electron chi connectivity index (χ3n) is 2.11. The van der Waals surface area contributed by atoms with Crippen LogP contribution < -0.4 is 4.74 Å². The van der Waals surface area contributed by atoms with Crippen molar-refractivity contribution in [2.24, 2.45) is 0 Å². The van der Waals surface area contributed by atoms with E-state index in [4.69, 9.17) is 9.29 Å². The molecule has 1 heterocycles. The van der Waals surface area contributed by atoms with Crippen LogP contribution >= 0.6 is 0 Å². The second-order valence-electron chi connectivity index (χ2n) is 2.92. The number of benzene rings is 1. The van der Waals surface area contributed by atoms with Gasteiger partial charge in [-0.05, 0) is 18.2 Å². The van der Waals surface area contributed by atoms with Crippen molar-refractivity contribution in [2.45, 2.75) is 4.90 Å². The summed E-state index contributed by atoms with van der Waals surface area (Å²) in [7, 11) is 1.52. The SMILES string of the molecule is COc1nccc2c(S(=O)O)cccc12. The summed E-state index contributed by atoms with van der Waals surface area (Å²) in [6.07, 6.45) is 1.55. The van der Waals surface area contributed by atoms with Crippen molar-refractivity contribution in [2.75, 3.05) is 7.11 Å². The number of nitrogens with zero attached hydrogens (tertiary/aromatic N) is 1. The Morgan fingerprint density at radius 3 is 2.80 bits per heavy atom. The van der Waals surface area contributed by atoms with Crippen LogP contribution in [-0.4, -0.2) is 20.9 Å². The summed E-state index contributed by atoms with van der Waals surface area (Å²) < 4.78 is 25.2. The van der Waals surface area contributed by atoms with Crippen LogP contribution in [0.15, 0.2) is 35.4 Å². The molecule has 0 radical (unpaired) electrons. The molecule has 1 N–H and O–H groups in total. The molecule has 0 bridgehead atoms. The first-order valence-electron chi connectivity index (χ1n) is 4.26. The molecule has 1 aromatic heterocycles. The molecule has 0 aliphatic carbocycles. The summed E-state index contributed by atoms with van der Waals surface area (Å²) in [5.41, 5.74) is 0. The summed E-state index contributed by atoms with van der Waals surface area (Å²) >= 11 is -2.00. The van der Waals surface area contributed by atoms with E-state index in [2.05, 4.69) is 4.98 Å². The minimum atomic E-state index is -2.00. The van der Waals surface area contributed by atoms with E-state index in [1.807, 2.05) is 0 Å². The predicted octanol–water partition coefficient (Wildman–Crippen LogP) is 1.82. The van der Waals surface area contributed by atoms with E-state index in [1.165, 1.54) is 7.11 Å². The first-order valence-corrected chi connectivity index (χ1v) is 5.37. The molecule has 4 nitrogen and oxygen atoms in total. The van der Waals surface area contributed by atoms with Gasteiger partial charge in [0.15, 0.2) is 11.1 Å². The number of rotatable bonds is 2. The number of aromatic nitrogens is 1. The van der Waals surface area contributed by atoms with E-state index in [0.29, 0.717) is 16.2 Å². The van der Waals surface area contributed by atoms with E-state index in [0.717, 1.165) is 5.39 Å². The first-order chi connectivity index (χ1) is 7.24. The molecule has 1 unspecified atom stereocenters. The van der Waals surface area contributed by atoms with Gasteiger partial charge in [-0.1, -0.05) is 6.07 Å². The lowest BCUT2D eigenvalue weighted by atomic mass is 10.2. The van der Waals surface area contributed by atoms with Gasteiger partial charge in [0.2, 0.25) is 5.88 Å². The second-order valence-corrected chi connectivity index (χ2v) is 3.86. The largest absolute Gasteiger partial charge is 0.481 e. The highest BCUT2D eigenvalue weighted by Gasteiger charge is 2.09. The van der Waals surface area contributed by atoms with Crippen LogP contribution in [0.25, 0.3) is 10.8 Å². The van der Waals surface area contributed by atoms with Crippen LogP contribution in [0.2, 0.25) is 0 Å². The fraction of sp³-hybridized carbons (Fsp3) is 0.100. The van der Waals surface area contributed by atoms with E-state index < -0.39 is 11.1 Å². The molecule has 0 spiro atoms. The molecule has 0 fully saturated rings. The molecule has 0 aliphatic heterocycles. The smallest absolute Gasteiger partial charge is 0.221 e. The summed E-state index contributed by atoms with van der Waals surface area (Å²) in [5.74, 6) is 0.458. The fourth-order valence-electron chi connectivity index (χ4n) is 1.47. The zero-order valence-electron chi connectivity index (χ0n) is 8.01. The molecule has 15 heavy (non-hydrogen) atoms. The maximum absolute atomic E-state index is 11.1. The molecule has 0 amide bonds. The molecular formula is C10H9NO3S. The maximum Gasteiger partial charge on any atom is 0.221 e. The predicted molar refractivity (Wildman–Crippen MR) is 57.3 cm³/mol. The minimum absolute atomic E-state index is 0.369. The molecule has 0 saturated carbocycles. The van der Waals surface area contributed by atoms with Gasteiger partial charge >= 0.3 is 0 Å². The summed E-state index contributed by atoms with van der Waals surface area (Å²) in [6.45, 7) is 0. The molecule has 1 aromatic carbocycles. The van der Waals surface area contributed by atoms with E-state index in [1.54, 1.807) is 30.5 Å². The van der Waals surface area contributed by atoms with Crippen molar-refractivity contribution in [1.29, 1.82) is 0 Å². The van der Waals surface area contributed by atoms with Gasteiger partial charge in [0.25, 0.3) is 0 Å². The summed E-state index contributed by atoms with van der Waals surface area (Å²) in [5, 5.41) is 1.42. The highest BCUT2D eigenvalue weighted by atomic mass is 32.2. The Balaban J connectivity index is 2.82. The number of hydrogen-bond donors (Lipinski definition) is 1. The highest BCUT2D eigenvalue weighted by molar-refractivity contribution is 7.79. The van der Waals surface area contributed by atoms with Crippen molar-refractivity contribution in [3.63, 3.8) is 0 Å². The fourth-order valence-corrected chi connectivity index (χ4v) is 2.03. The number of fused-ring (bicyclic) bond motifs is 1. The molecule has 0 saturated heterocycles. The standard InChI is InChI=1S/C10H9NO3S/c1-14-10-8-3-2-4-9(15(12)13)7(8)5-6-11-10/h2-6H,1H3,(H,12,13). The van der Waals surface area contributed by atoms with Gasteiger partial charge in [0.1, 0.15) is 0 Å². The Morgan fingerprint density at radius 1 is 1.33 bits per heavy atom. The van der Waals surface area contributed by atoms with Crippen LogP contribution in [0.5, 0.6) is 5.88 Å². The van der Waals surface area contributed by atoms with Crippen molar-refractivity contribution >= 4 is 21.9 Å². The van der Waals surface area contributed by atoms with Crippen molar-refractivity contribution in [1.82, 2.24) is 4.98 Å². The van der Waals surface area contributed by atoms with Crippen molar-refractivity contribution < 1.29 is 13.5 Å². The van der Waals surface area contributed by atoms with Crippen LogP contribution in [0.4, 0.5) is 0 Å². The number of pyridine rings is 1. The van der Waals surface area contributed by atoms with Gasteiger partial charge in [-0.3, -0.25) is 0 Å². The summed E-state index contributed by atoms with van der Waals surface area (Å²) in [6, 6.07) is 6.81. The van der Waals surface area contributed by atoms with Crippen molar-refractivity contribution in [3.8, 4) is 5.88 Å². The minimum Gasteiger partial charge on any atom is -0.481 e. The molecular weight excluding hydrogens is 214 g/mol. The van der Waals surface area contributed by atoms with Gasteiger partial charge in [0.05, 0.1) is 12.0 Å². The quantitative estimate of drug-likeness (QED) is 0.789. The van der Waals surface area contributed by atoms with Gasteiger partial charge in [0, 0.05) is 17.0 Å². The van der Waals surface area contributed by atoms with Gasteiger partial charge in [-0.2, -0.15) is 0 Å². The maximum atomic E-state index is 11.1. The zero-order chi connectivity index (χ0) is 10.8. The van der Waals surface area contributed by atoms with E-state index in [9.17, 15) is 4.21 Å². The van der Waals surface area contributed by atoms with Crippen LogP contribution in [-0.2, 0) is 11.1 Å². The molecule has 2 rings (SSSR count). The monoisotopic (exact) mass is 223 g/mol. The third-order valence-corrected chi connectivity index (χ3v) is 2.84. The van der Waals surface area contributed by atoms with Gasteiger partial charge in [-0.15, -0.1) is 0 Å². The Kier molecular flexibility index (Phi) is 2.66. The van der Waals surface area contributed by atoms with Gasteiger partial charge < -0.3 is 9.29 Å². The van der Waals surface area contributed by atoms with Gasteiger partial charge in [-0.25, -0.2) is 9.19 Å². The zero-order valence-corrected chi connectivity index (χ0v) is 8.82. The van der Waals surface area contributed by atoms with Crippen LogP contribution in [0, 0.1) is 0 Å².